The summed E-state index contributed by atoms with van der Waals surface area (Å²) in [5.41, 5.74) is 2.74. The molecule has 1 aromatic rings. The van der Waals surface area contributed by atoms with Crippen LogP contribution in [0.2, 0.25) is 0 Å². The topological polar surface area (TPSA) is 49.9 Å². The first-order valence-electron chi connectivity index (χ1n) is 9.21. The maximum Gasteiger partial charge on any atom is 0.414 e. The standard InChI is InChI=1S/C20H30N2O3/c1-7-16(8-2)17-9-10-18-19(11-17)21(20(24)25-13(3)4)12-14(5)22(18)15(6)23/h9-11,13-14,16H,7-8,12H2,1-6H3/t14-/m0/s1. The molecule has 1 atom stereocenters. The normalized spacial score (nSPS) is 17.0. The van der Waals surface area contributed by atoms with Crippen LogP contribution in [-0.2, 0) is 9.53 Å². The van der Waals surface area contributed by atoms with E-state index in [0.29, 0.717) is 12.5 Å². The molecule has 0 spiro atoms. The van der Waals surface area contributed by atoms with Gasteiger partial charge >= 0.3 is 6.09 Å². The molecule has 0 fully saturated rings. The Labute approximate surface area is 150 Å². The number of carbonyl (C=O) groups is 2. The van der Waals surface area contributed by atoms with Gasteiger partial charge in [0, 0.05) is 13.5 Å². The van der Waals surface area contributed by atoms with E-state index in [9.17, 15) is 9.59 Å². The largest absolute Gasteiger partial charge is 0.446 e. The van der Waals surface area contributed by atoms with Crippen LogP contribution in [0.15, 0.2) is 18.2 Å². The lowest BCUT2D eigenvalue weighted by molar-refractivity contribution is -0.117. The highest BCUT2D eigenvalue weighted by molar-refractivity contribution is 6.02. The molecule has 25 heavy (non-hydrogen) atoms. The molecule has 0 aromatic heterocycles. The molecule has 0 N–H and O–H groups in total. The van der Waals surface area contributed by atoms with Gasteiger partial charge in [-0.15, -0.1) is 0 Å². The predicted molar refractivity (Wildman–Crippen MR) is 101 cm³/mol. The van der Waals surface area contributed by atoms with E-state index in [2.05, 4.69) is 26.0 Å². The summed E-state index contributed by atoms with van der Waals surface area (Å²) in [6.45, 7) is 12.0. The van der Waals surface area contributed by atoms with Crippen LogP contribution >= 0.6 is 0 Å². The van der Waals surface area contributed by atoms with Gasteiger partial charge in [-0.05, 0) is 57.2 Å². The lowest BCUT2D eigenvalue weighted by Crippen LogP contribution is -2.51. The van der Waals surface area contributed by atoms with Crippen molar-refractivity contribution >= 4 is 23.4 Å². The predicted octanol–water partition coefficient (Wildman–Crippen LogP) is 4.70. The summed E-state index contributed by atoms with van der Waals surface area (Å²) in [6, 6.07) is 6.01. The van der Waals surface area contributed by atoms with Gasteiger partial charge in [-0.1, -0.05) is 19.9 Å². The number of hydrogen-bond donors (Lipinski definition) is 0. The van der Waals surface area contributed by atoms with Crippen LogP contribution < -0.4 is 9.80 Å². The molecular formula is C20H30N2O3. The summed E-state index contributed by atoms with van der Waals surface area (Å²) < 4.78 is 5.43. The van der Waals surface area contributed by atoms with Crippen LogP contribution in [-0.4, -0.2) is 30.7 Å². The number of rotatable bonds is 4. The molecule has 2 rings (SSSR count). The minimum atomic E-state index is -0.354. The molecule has 0 radical (unpaired) electrons. The highest BCUT2D eigenvalue weighted by Gasteiger charge is 2.35. The summed E-state index contributed by atoms with van der Waals surface area (Å²) in [5, 5.41) is 0. The smallest absolute Gasteiger partial charge is 0.414 e. The van der Waals surface area contributed by atoms with E-state index in [1.165, 1.54) is 5.56 Å². The number of amides is 2. The van der Waals surface area contributed by atoms with Crippen molar-refractivity contribution in [3.8, 4) is 0 Å². The van der Waals surface area contributed by atoms with Crippen molar-refractivity contribution in [2.75, 3.05) is 16.3 Å². The molecule has 5 nitrogen and oxygen atoms in total. The average molecular weight is 346 g/mol. The van der Waals surface area contributed by atoms with Crippen LogP contribution in [0.4, 0.5) is 16.2 Å². The molecule has 0 unspecified atom stereocenters. The van der Waals surface area contributed by atoms with Crippen molar-refractivity contribution in [1.82, 2.24) is 0 Å². The van der Waals surface area contributed by atoms with E-state index in [0.717, 1.165) is 24.2 Å². The van der Waals surface area contributed by atoms with Crippen molar-refractivity contribution in [3.63, 3.8) is 0 Å². The summed E-state index contributed by atoms with van der Waals surface area (Å²) in [7, 11) is 0. The van der Waals surface area contributed by atoms with Gasteiger partial charge < -0.3 is 9.64 Å². The zero-order chi connectivity index (χ0) is 18.7. The molecule has 1 aliphatic rings. The number of hydrogen-bond acceptors (Lipinski definition) is 3. The number of ether oxygens (including phenoxy) is 1. The van der Waals surface area contributed by atoms with Crippen LogP contribution in [0.25, 0.3) is 0 Å². The number of benzene rings is 1. The summed E-state index contributed by atoms with van der Waals surface area (Å²) in [5.74, 6) is 0.430. The maximum absolute atomic E-state index is 12.6. The van der Waals surface area contributed by atoms with Gasteiger partial charge in [0.1, 0.15) is 0 Å². The number of nitrogens with zero attached hydrogens (tertiary/aromatic N) is 2. The van der Waals surface area contributed by atoms with Crippen molar-refractivity contribution < 1.29 is 14.3 Å². The van der Waals surface area contributed by atoms with Gasteiger partial charge in [0.2, 0.25) is 5.91 Å². The van der Waals surface area contributed by atoms with Gasteiger partial charge in [0.25, 0.3) is 0 Å². The lowest BCUT2D eigenvalue weighted by atomic mass is 9.92. The summed E-state index contributed by atoms with van der Waals surface area (Å²) in [6.07, 6.45) is 1.55. The number of fused-ring (bicyclic) bond motifs is 1. The molecule has 0 saturated heterocycles. The second-order valence-electron chi connectivity index (χ2n) is 7.04. The van der Waals surface area contributed by atoms with E-state index in [4.69, 9.17) is 4.74 Å². The van der Waals surface area contributed by atoms with E-state index < -0.39 is 0 Å². The van der Waals surface area contributed by atoms with Gasteiger partial charge in [-0.3, -0.25) is 9.69 Å². The third kappa shape index (κ3) is 3.97. The minimum absolute atomic E-state index is 0.0130. The van der Waals surface area contributed by atoms with Crippen molar-refractivity contribution in [2.45, 2.75) is 72.4 Å². The van der Waals surface area contributed by atoms with Crippen molar-refractivity contribution in [3.05, 3.63) is 23.8 Å². The SMILES string of the molecule is CCC(CC)c1ccc2c(c1)N(C(=O)OC(C)C)C[C@H](C)N2C(C)=O. The molecule has 1 heterocycles. The molecular weight excluding hydrogens is 316 g/mol. The average Bonchev–Trinajstić information content (AvgIpc) is 2.54. The van der Waals surface area contributed by atoms with Crippen LogP contribution in [0.5, 0.6) is 0 Å². The Morgan fingerprint density at radius 3 is 2.36 bits per heavy atom. The fourth-order valence-corrected chi connectivity index (χ4v) is 3.57. The second-order valence-corrected chi connectivity index (χ2v) is 7.04. The first kappa shape index (κ1) is 19.3. The van der Waals surface area contributed by atoms with Crippen LogP contribution in [0, 0.1) is 0 Å². The van der Waals surface area contributed by atoms with Gasteiger partial charge in [-0.25, -0.2) is 4.79 Å². The highest BCUT2D eigenvalue weighted by atomic mass is 16.6. The second kappa shape index (κ2) is 7.89. The molecule has 1 aromatic carbocycles. The van der Waals surface area contributed by atoms with E-state index in [-0.39, 0.29) is 24.1 Å². The number of anilines is 2. The Balaban J connectivity index is 2.53. The number of carbonyl (C=O) groups excluding carboxylic acids is 2. The zero-order valence-electron chi connectivity index (χ0n) is 16.2. The fourth-order valence-electron chi connectivity index (χ4n) is 3.57. The third-order valence-electron chi connectivity index (χ3n) is 4.79. The molecule has 0 bridgehead atoms. The van der Waals surface area contributed by atoms with Gasteiger partial charge in [0.15, 0.2) is 0 Å². The molecule has 138 valence electrons. The maximum atomic E-state index is 12.6. The Bertz CT molecular complexity index is 638. The summed E-state index contributed by atoms with van der Waals surface area (Å²) in [4.78, 5) is 28.2. The Kier molecular flexibility index (Phi) is 6.09. The van der Waals surface area contributed by atoms with Crippen LogP contribution in [0.3, 0.4) is 0 Å². The first-order chi connectivity index (χ1) is 11.8. The van der Waals surface area contributed by atoms with Crippen molar-refractivity contribution in [1.29, 1.82) is 0 Å². The Hall–Kier alpha value is -2.04. The minimum Gasteiger partial charge on any atom is -0.446 e. The molecule has 5 heteroatoms. The van der Waals surface area contributed by atoms with Gasteiger partial charge in [0.05, 0.1) is 23.5 Å². The monoisotopic (exact) mass is 346 g/mol. The zero-order valence-corrected chi connectivity index (χ0v) is 16.2. The summed E-state index contributed by atoms with van der Waals surface area (Å²) >= 11 is 0. The quantitative estimate of drug-likeness (QED) is 0.794. The molecule has 2 amide bonds. The molecule has 0 aliphatic carbocycles. The van der Waals surface area contributed by atoms with Gasteiger partial charge in [-0.2, -0.15) is 0 Å². The fraction of sp³-hybridized carbons (Fsp3) is 0.600. The lowest BCUT2D eigenvalue weighted by Gasteiger charge is -2.40. The Morgan fingerprint density at radius 2 is 1.84 bits per heavy atom. The first-order valence-corrected chi connectivity index (χ1v) is 9.21. The highest BCUT2D eigenvalue weighted by Crippen LogP contribution is 2.39. The Morgan fingerprint density at radius 1 is 1.20 bits per heavy atom. The van der Waals surface area contributed by atoms with Crippen LogP contribution in [0.1, 0.15) is 65.9 Å². The van der Waals surface area contributed by atoms with E-state index in [1.54, 1.807) is 16.7 Å². The molecule has 0 saturated carbocycles. The van der Waals surface area contributed by atoms with E-state index in [1.807, 2.05) is 26.8 Å². The van der Waals surface area contributed by atoms with E-state index >= 15 is 0 Å². The third-order valence-corrected chi connectivity index (χ3v) is 4.79. The van der Waals surface area contributed by atoms with Crippen molar-refractivity contribution in [2.24, 2.45) is 0 Å². The molecule has 1 aliphatic heterocycles.